The van der Waals surface area contributed by atoms with Crippen molar-refractivity contribution in [3.63, 3.8) is 0 Å². The minimum absolute atomic E-state index is 0.190. The highest BCUT2D eigenvalue weighted by Crippen LogP contribution is 2.33. The molecule has 1 amide bonds. The van der Waals surface area contributed by atoms with Gasteiger partial charge in [0.05, 0.1) is 12.2 Å². The lowest BCUT2D eigenvalue weighted by Gasteiger charge is -2.08. The molecular weight excluding hydrogens is 538 g/mol. The van der Waals surface area contributed by atoms with Crippen molar-refractivity contribution >= 4 is 55.9 Å². The Morgan fingerprint density at radius 3 is 2.74 bits per heavy atom. The molecule has 1 N–H and O–H groups in total. The number of hydrogen-bond acceptors (Lipinski definition) is 8. The summed E-state index contributed by atoms with van der Waals surface area (Å²) in [5.41, 5.74) is 1.71. The second kappa shape index (κ2) is 12.0. The Morgan fingerprint density at radius 1 is 1.35 bits per heavy atom. The molecule has 0 aliphatic heterocycles. The fourth-order valence-corrected chi connectivity index (χ4v) is 5.27. The minimum atomic E-state index is -0.499. The van der Waals surface area contributed by atoms with Gasteiger partial charge in [0.1, 0.15) is 15.9 Å². The highest BCUT2D eigenvalue weighted by molar-refractivity contribution is 9.10. The number of carbonyl (C=O) groups is 2. The van der Waals surface area contributed by atoms with Crippen LogP contribution in [0, 0.1) is 18.3 Å². The zero-order chi connectivity index (χ0) is 24.7. The Balaban J connectivity index is 1.66. The smallest absolute Gasteiger partial charge is 0.348 e. The summed E-state index contributed by atoms with van der Waals surface area (Å²) in [7, 11) is 0. The molecule has 1 aromatic carbocycles. The van der Waals surface area contributed by atoms with Crippen molar-refractivity contribution in [3.8, 4) is 17.5 Å². The van der Waals surface area contributed by atoms with Crippen molar-refractivity contribution in [2.45, 2.75) is 32.0 Å². The van der Waals surface area contributed by atoms with Gasteiger partial charge in [0.25, 0.3) is 0 Å². The van der Waals surface area contributed by atoms with Crippen LogP contribution in [0.5, 0.6) is 0 Å². The number of hydrogen-bond donors (Lipinski definition) is 1. The van der Waals surface area contributed by atoms with Crippen LogP contribution < -0.4 is 5.32 Å². The van der Waals surface area contributed by atoms with E-state index < -0.39 is 5.97 Å². The minimum Gasteiger partial charge on any atom is -0.462 e. The monoisotopic (exact) mass is 559 g/mol. The van der Waals surface area contributed by atoms with Gasteiger partial charge in [-0.3, -0.25) is 9.36 Å². The Kier molecular flexibility index (Phi) is 9.04. The first kappa shape index (κ1) is 25.7. The van der Waals surface area contributed by atoms with Crippen LogP contribution in [0.25, 0.3) is 11.4 Å². The second-order valence-electron chi connectivity index (χ2n) is 6.95. The van der Waals surface area contributed by atoms with Crippen LogP contribution in [0.1, 0.15) is 34.1 Å². The van der Waals surface area contributed by atoms with Crippen molar-refractivity contribution < 1.29 is 14.3 Å². The van der Waals surface area contributed by atoms with Gasteiger partial charge in [-0.05, 0) is 31.5 Å². The van der Waals surface area contributed by atoms with Gasteiger partial charge in [0, 0.05) is 28.8 Å². The van der Waals surface area contributed by atoms with E-state index in [1.807, 2.05) is 28.8 Å². The molecule has 0 saturated carbocycles. The van der Waals surface area contributed by atoms with Crippen LogP contribution in [-0.2, 0) is 16.1 Å². The van der Waals surface area contributed by atoms with Gasteiger partial charge in [-0.25, -0.2) is 4.79 Å². The number of anilines is 1. The topological polar surface area (TPSA) is 110 Å². The molecule has 3 aromatic rings. The maximum absolute atomic E-state index is 12.5. The fraction of sp³-hybridized carbons (Fsp3) is 0.261. The molecule has 0 fully saturated rings. The zero-order valence-electron chi connectivity index (χ0n) is 18.6. The molecule has 0 saturated heterocycles. The molecule has 2 heterocycles. The molecular formula is C23H22BrN5O3S2. The third-order valence-corrected chi connectivity index (χ3v) is 7.35. The summed E-state index contributed by atoms with van der Waals surface area (Å²) >= 11 is 5.89. The zero-order valence-corrected chi connectivity index (χ0v) is 21.8. The molecule has 176 valence electrons. The summed E-state index contributed by atoms with van der Waals surface area (Å²) in [5.74, 6) is 0.418. The average molecular weight is 560 g/mol. The van der Waals surface area contributed by atoms with Crippen LogP contribution in [0.15, 0.2) is 46.5 Å². The molecule has 0 radical (unpaired) electrons. The fourth-order valence-electron chi connectivity index (χ4n) is 3.05. The maximum Gasteiger partial charge on any atom is 0.348 e. The number of aromatic nitrogens is 3. The Morgan fingerprint density at radius 2 is 2.09 bits per heavy atom. The number of amides is 1. The number of nitrogens with one attached hydrogen (secondary N) is 1. The van der Waals surface area contributed by atoms with Crippen molar-refractivity contribution in [3.05, 3.63) is 57.4 Å². The van der Waals surface area contributed by atoms with Crippen molar-refractivity contribution in [2.75, 3.05) is 17.7 Å². The van der Waals surface area contributed by atoms with E-state index in [0.717, 1.165) is 27.2 Å². The van der Waals surface area contributed by atoms with Crippen LogP contribution >= 0.6 is 39.0 Å². The molecule has 0 aliphatic rings. The lowest BCUT2D eigenvalue weighted by atomic mass is 10.2. The highest BCUT2D eigenvalue weighted by atomic mass is 79.9. The van der Waals surface area contributed by atoms with E-state index >= 15 is 0 Å². The summed E-state index contributed by atoms with van der Waals surface area (Å²) < 4.78 is 7.95. The van der Waals surface area contributed by atoms with Crippen LogP contribution in [-0.4, -0.2) is 39.0 Å². The van der Waals surface area contributed by atoms with Gasteiger partial charge in [0.2, 0.25) is 5.91 Å². The number of thioether (sulfide) groups is 1. The van der Waals surface area contributed by atoms with Crippen molar-refractivity contribution in [2.24, 2.45) is 0 Å². The van der Waals surface area contributed by atoms with E-state index in [4.69, 9.17) is 4.74 Å². The SMILES string of the molecule is C=CCn1c(SCCC(=O)Nc2sc(C(=O)OCC)c(C)c2C#N)nnc1-c1ccc(Br)cc1. The standard InChI is InChI=1S/C23H22BrN5O3S2/c1-4-11-29-20(15-6-8-16(24)9-7-15)27-28-23(29)33-12-10-18(30)26-21-17(13-25)14(3)19(34-21)22(31)32-5-2/h4,6-9H,1,5,10-12H2,2-3H3,(H,26,30). The third kappa shape index (κ3) is 5.94. The van der Waals surface area contributed by atoms with Crippen molar-refractivity contribution in [1.82, 2.24) is 14.8 Å². The molecule has 0 spiro atoms. The largest absolute Gasteiger partial charge is 0.462 e. The Bertz CT molecular complexity index is 1240. The number of esters is 1. The second-order valence-corrected chi connectivity index (χ2v) is 9.95. The number of halogens is 1. The van der Waals surface area contributed by atoms with Gasteiger partial charge in [-0.15, -0.1) is 28.1 Å². The Labute approximate surface area is 214 Å². The molecule has 0 bridgehead atoms. The molecule has 3 rings (SSSR count). The molecule has 2 aromatic heterocycles. The maximum atomic E-state index is 12.5. The number of benzene rings is 1. The van der Waals surface area contributed by atoms with Crippen LogP contribution in [0.3, 0.4) is 0 Å². The molecule has 0 atom stereocenters. The van der Waals surface area contributed by atoms with Gasteiger partial charge in [-0.1, -0.05) is 45.9 Å². The molecule has 11 heteroatoms. The van der Waals surface area contributed by atoms with E-state index in [1.54, 1.807) is 19.9 Å². The summed E-state index contributed by atoms with van der Waals surface area (Å²) in [6, 6.07) is 9.85. The van der Waals surface area contributed by atoms with Gasteiger partial charge in [0.15, 0.2) is 11.0 Å². The molecule has 8 nitrogen and oxygen atoms in total. The normalized spacial score (nSPS) is 10.5. The van der Waals surface area contributed by atoms with E-state index in [2.05, 4.69) is 44.1 Å². The molecule has 34 heavy (non-hydrogen) atoms. The first-order chi connectivity index (χ1) is 16.4. The summed E-state index contributed by atoms with van der Waals surface area (Å²) in [6.07, 6.45) is 1.96. The van der Waals surface area contributed by atoms with Gasteiger partial charge in [-0.2, -0.15) is 5.26 Å². The van der Waals surface area contributed by atoms with Crippen LogP contribution in [0.2, 0.25) is 0 Å². The average Bonchev–Trinajstić information content (AvgIpc) is 3.35. The summed E-state index contributed by atoms with van der Waals surface area (Å²) in [5, 5.41) is 21.9. The highest BCUT2D eigenvalue weighted by Gasteiger charge is 2.22. The first-order valence-electron chi connectivity index (χ1n) is 10.3. The van der Waals surface area contributed by atoms with E-state index in [0.29, 0.717) is 32.9 Å². The molecule has 0 unspecified atom stereocenters. The third-order valence-electron chi connectivity index (χ3n) is 4.66. The summed E-state index contributed by atoms with van der Waals surface area (Å²) in [6.45, 7) is 7.96. The lowest BCUT2D eigenvalue weighted by molar-refractivity contribution is -0.115. The molecule has 0 aliphatic carbocycles. The number of allylic oxidation sites excluding steroid dienone is 1. The van der Waals surface area contributed by atoms with Gasteiger partial charge >= 0.3 is 5.97 Å². The summed E-state index contributed by atoms with van der Waals surface area (Å²) in [4.78, 5) is 25.0. The quantitative estimate of drug-likeness (QED) is 0.200. The first-order valence-corrected chi connectivity index (χ1v) is 12.9. The van der Waals surface area contributed by atoms with E-state index in [1.165, 1.54) is 11.8 Å². The number of nitrogens with zero attached hydrogens (tertiary/aromatic N) is 4. The van der Waals surface area contributed by atoms with Crippen LogP contribution in [0.4, 0.5) is 5.00 Å². The number of thiophene rings is 1. The van der Waals surface area contributed by atoms with E-state index in [9.17, 15) is 14.9 Å². The predicted octanol–water partition coefficient (Wildman–Crippen LogP) is 5.43. The van der Waals surface area contributed by atoms with Gasteiger partial charge < -0.3 is 10.1 Å². The van der Waals surface area contributed by atoms with E-state index in [-0.39, 0.29) is 24.5 Å². The van der Waals surface area contributed by atoms with Crippen molar-refractivity contribution in [1.29, 1.82) is 5.26 Å². The number of ether oxygens (including phenoxy) is 1. The number of carbonyl (C=O) groups excluding carboxylic acids is 2. The predicted molar refractivity (Wildman–Crippen MR) is 137 cm³/mol. The number of nitriles is 1. The Hall–Kier alpha value is -2.94. The number of rotatable bonds is 10. The lowest BCUT2D eigenvalue weighted by Crippen LogP contribution is -2.12.